The highest BCUT2D eigenvalue weighted by Gasteiger charge is 2.38. The summed E-state index contributed by atoms with van der Waals surface area (Å²) in [6.45, 7) is 11.4. The molecule has 0 aromatic rings. The van der Waals surface area contributed by atoms with Crippen LogP contribution in [0, 0.1) is 0 Å². The Balaban J connectivity index is 2.22. The molecule has 1 aliphatic heterocycles. The molecule has 0 radical (unpaired) electrons. The molecule has 0 spiro atoms. The second-order valence-electron chi connectivity index (χ2n) is 6.24. The maximum absolute atomic E-state index is 9.97. The summed E-state index contributed by atoms with van der Waals surface area (Å²) in [6, 6.07) is 0. The fraction of sp³-hybridized carbons (Fsp3) is 1.00. The lowest BCUT2D eigenvalue weighted by Crippen LogP contribution is -2.50. The zero-order chi connectivity index (χ0) is 14.5. The second kappa shape index (κ2) is 7.04. The molecule has 0 atom stereocenters. The van der Waals surface area contributed by atoms with Gasteiger partial charge in [0.05, 0.1) is 24.4 Å². The molecule has 1 saturated heterocycles. The molecule has 0 aromatic heterocycles. The summed E-state index contributed by atoms with van der Waals surface area (Å²) in [4.78, 5) is 2.33. The lowest BCUT2D eigenvalue weighted by atomic mass is 9.79. The molecule has 1 rings (SSSR count). The van der Waals surface area contributed by atoms with Crippen molar-refractivity contribution in [3.63, 3.8) is 0 Å². The maximum atomic E-state index is 9.97. The maximum Gasteiger partial charge on any atom is 0.454 e. The lowest BCUT2D eigenvalue weighted by Gasteiger charge is -2.38. The highest BCUT2D eigenvalue weighted by molar-refractivity contribution is 6.42. The van der Waals surface area contributed by atoms with Crippen LogP contribution in [0.4, 0.5) is 0 Å². The number of hydrogen-bond donors (Lipinski definition) is 2. The Morgan fingerprint density at radius 3 is 2.32 bits per heavy atom. The predicted octanol–water partition coefficient (Wildman–Crippen LogP) is 0.755. The average Bonchev–Trinajstić information content (AvgIpc) is 2.28. The van der Waals surface area contributed by atoms with Crippen LogP contribution in [0.5, 0.6) is 0 Å². The molecule has 5 nitrogen and oxygen atoms in total. The zero-order valence-electron chi connectivity index (χ0n) is 12.7. The van der Waals surface area contributed by atoms with Gasteiger partial charge in [0.1, 0.15) is 0 Å². The molecule has 0 unspecified atom stereocenters. The first-order valence-electron chi connectivity index (χ1n) is 7.11. The largest absolute Gasteiger partial charge is 0.454 e. The van der Waals surface area contributed by atoms with Crippen molar-refractivity contribution < 1.29 is 19.5 Å². The summed E-state index contributed by atoms with van der Waals surface area (Å²) in [7, 11) is -0.831. The van der Waals surface area contributed by atoms with Crippen LogP contribution in [0.15, 0.2) is 0 Å². The molecule has 0 aromatic carbocycles. The Morgan fingerprint density at radius 1 is 1.21 bits per heavy atom. The van der Waals surface area contributed by atoms with E-state index >= 15 is 0 Å². The number of ether oxygens (including phenoxy) is 1. The van der Waals surface area contributed by atoms with Crippen molar-refractivity contribution in [3.8, 4) is 0 Å². The predicted molar refractivity (Wildman–Crippen MR) is 76.1 cm³/mol. The molecule has 1 fully saturated rings. The van der Waals surface area contributed by atoms with Crippen LogP contribution in [0.1, 0.15) is 34.1 Å². The third-order valence-electron chi connectivity index (χ3n) is 3.93. The van der Waals surface area contributed by atoms with Crippen molar-refractivity contribution >= 4 is 7.12 Å². The molecule has 0 aliphatic carbocycles. The van der Waals surface area contributed by atoms with Gasteiger partial charge in [0.25, 0.3) is 0 Å². The molecule has 1 aliphatic rings. The van der Waals surface area contributed by atoms with Crippen LogP contribution < -0.4 is 0 Å². The first-order chi connectivity index (χ1) is 8.72. The van der Waals surface area contributed by atoms with Crippen molar-refractivity contribution in [3.05, 3.63) is 0 Å². The van der Waals surface area contributed by atoms with E-state index in [2.05, 4.69) is 4.90 Å². The van der Waals surface area contributed by atoms with Crippen molar-refractivity contribution in [1.29, 1.82) is 0 Å². The van der Waals surface area contributed by atoms with E-state index in [4.69, 9.17) is 9.39 Å². The van der Waals surface area contributed by atoms with Crippen molar-refractivity contribution in [2.75, 3.05) is 32.8 Å². The molecular formula is C13H28BNO4. The van der Waals surface area contributed by atoms with Gasteiger partial charge in [0.15, 0.2) is 0 Å². The first kappa shape index (κ1) is 16.9. The van der Waals surface area contributed by atoms with E-state index in [0.29, 0.717) is 6.32 Å². The van der Waals surface area contributed by atoms with Crippen LogP contribution in [-0.4, -0.2) is 66.2 Å². The minimum atomic E-state index is -0.988. The van der Waals surface area contributed by atoms with Gasteiger partial charge < -0.3 is 19.5 Å². The van der Waals surface area contributed by atoms with E-state index in [1.165, 1.54) is 0 Å². The smallest absolute Gasteiger partial charge is 0.427 e. The second-order valence-corrected chi connectivity index (χ2v) is 6.24. The fourth-order valence-corrected chi connectivity index (χ4v) is 1.86. The Kier molecular flexibility index (Phi) is 6.27. The zero-order valence-corrected chi connectivity index (χ0v) is 12.7. The molecule has 19 heavy (non-hydrogen) atoms. The van der Waals surface area contributed by atoms with E-state index < -0.39 is 18.3 Å². The summed E-state index contributed by atoms with van der Waals surface area (Å²) in [6.07, 6.45) is 1.46. The number of aliphatic hydroxyl groups is 1. The third kappa shape index (κ3) is 5.79. The number of hydrogen-bond acceptors (Lipinski definition) is 5. The topological polar surface area (TPSA) is 62.2 Å². The van der Waals surface area contributed by atoms with Crippen molar-refractivity contribution in [2.24, 2.45) is 0 Å². The van der Waals surface area contributed by atoms with Gasteiger partial charge in [-0.25, -0.2) is 0 Å². The van der Waals surface area contributed by atoms with Crippen molar-refractivity contribution in [2.45, 2.75) is 51.6 Å². The van der Waals surface area contributed by atoms with Gasteiger partial charge in [-0.05, 0) is 47.0 Å². The van der Waals surface area contributed by atoms with E-state index in [-0.39, 0.29) is 0 Å². The molecule has 1 heterocycles. The fourth-order valence-electron chi connectivity index (χ4n) is 1.86. The van der Waals surface area contributed by atoms with Gasteiger partial charge >= 0.3 is 7.12 Å². The summed E-state index contributed by atoms with van der Waals surface area (Å²) in [5.41, 5.74) is -1.76. The Bertz CT molecular complexity index is 262. The van der Waals surface area contributed by atoms with Crippen LogP contribution in [0.25, 0.3) is 0 Å². The van der Waals surface area contributed by atoms with Crippen LogP contribution in [0.3, 0.4) is 0 Å². The average molecular weight is 273 g/mol. The SMILES string of the molecule is CC(C)(O)C(C)(C)OB(O)CCCN1CCOCC1. The van der Waals surface area contributed by atoms with Crippen LogP contribution in [-0.2, 0) is 9.39 Å². The normalized spacial score (nSPS) is 18.6. The molecule has 6 heteroatoms. The lowest BCUT2D eigenvalue weighted by molar-refractivity contribution is -0.100. The highest BCUT2D eigenvalue weighted by Crippen LogP contribution is 2.26. The number of nitrogens with zero attached hydrogens (tertiary/aromatic N) is 1. The van der Waals surface area contributed by atoms with Gasteiger partial charge in [-0.2, -0.15) is 0 Å². The van der Waals surface area contributed by atoms with Crippen molar-refractivity contribution in [1.82, 2.24) is 4.90 Å². The third-order valence-corrected chi connectivity index (χ3v) is 3.93. The van der Waals surface area contributed by atoms with E-state index in [9.17, 15) is 10.1 Å². The molecule has 0 amide bonds. The Hall–Kier alpha value is -0.135. The van der Waals surface area contributed by atoms with Crippen LogP contribution in [0.2, 0.25) is 6.32 Å². The minimum Gasteiger partial charge on any atom is -0.427 e. The van der Waals surface area contributed by atoms with Gasteiger partial charge in [-0.3, -0.25) is 4.90 Å². The number of morpholine rings is 1. The Morgan fingerprint density at radius 2 is 1.79 bits per heavy atom. The highest BCUT2D eigenvalue weighted by atomic mass is 16.5. The first-order valence-corrected chi connectivity index (χ1v) is 7.11. The standard InChI is InChI=1S/C13H28BNO4/c1-12(2,16)13(3,4)19-14(17)6-5-7-15-8-10-18-11-9-15/h16-17H,5-11H2,1-4H3. The summed E-state index contributed by atoms with van der Waals surface area (Å²) in [5, 5.41) is 19.9. The molecule has 0 saturated carbocycles. The molecule has 2 N–H and O–H groups in total. The monoisotopic (exact) mass is 273 g/mol. The van der Waals surface area contributed by atoms with E-state index in [0.717, 1.165) is 39.3 Å². The molecule has 0 bridgehead atoms. The summed E-state index contributed by atoms with van der Waals surface area (Å²) < 4.78 is 10.8. The van der Waals surface area contributed by atoms with Gasteiger partial charge in [0.2, 0.25) is 0 Å². The number of rotatable bonds is 7. The van der Waals surface area contributed by atoms with E-state index in [1.807, 2.05) is 0 Å². The van der Waals surface area contributed by atoms with E-state index in [1.54, 1.807) is 27.7 Å². The minimum absolute atomic E-state index is 0.580. The summed E-state index contributed by atoms with van der Waals surface area (Å²) in [5.74, 6) is 0. The quantitative estimate of drug-likeness (QED) is 0.670. The summed E-state index contributed by atoms with van der Waals surface area (Å²) >= 11 is 0. The van der Waals surface area contributed by atoms with Gasteiger partial charge in [0, 0.05) is 13.1 Å². The molecular weight excluding hydrogens is 245 g/mol. The van der Waals surface area contributed by atoms with Gasteiger partial charge in [-0.15, -0.1) is 0 Å². The Labute approximate surface area is 117 Å². The van der Waals surface area contributed by atoms with Gasteiger partial charge in [-0.1, -0.05) is 0 Å². The van der Waals surface area contributed by atoms with Crippen LogP contribution >= 0.6 is 0 Å². The molecule has 112 valence electrons.